The Morgan fingerprint density at radius 1 is 0.627 bits per heavy atom. The first kappa shape index (κ1) is 43.5. The van der Waals surface area contributed by atoms with E-state index in [1.54, 1.807) is 0 Å². The molecule has 316 valence electrons. The summed E-state index contributed by atoms with van der Waals surface area (Å²) in [5.41, 5.74) is 5.30. The predicted octanol–water partition coefficient (Wildman–Crippen LogP) is 6.68. The van der Waals surface area contributed by atoms with Crippen LogP contribution in [0.2, 0.25) is 0 Å². The van der Waals surface area contributed by atoms with Crippen LogP contribution in [-0.4, -0.2) is 80.1 Å². The van der Waals surface area contributed by atoms with Crippen molar-refractivity contribution in [2.45, 2.75) is 81.4 Å². The van der Waals surface area contributed by atoms with E-state index in [9.17, 15) is 35.9 Å². The fourth-order valence-corrected chi connectivity index (χ4v) is 6.19. The number of benzene rings is 4. The van der Waals surface area contributed by atoms with Crippen molar-refractivity contribution in [1.29, 1.82) is 0 Å². The van der Waals surface area contributed by atoms with E-state index in [1.807, 2.05) is 132 Å². The van der Waals surface area contributed by atoms with Crippen LogP contribution in [0.25, 0.3) is 0 Å². The highest BCUT2D eigenvalue weighted by Gasteiger charge is 2.80. The zero-order valence-corrected chi connectivity index (χ0v) is 31.1. The van der Waals surface area contributed by atoms with E-state index in [2.05, 4.69) is 9.47 Å². The number of carbonyl (C=O) groups excluding carboxylic acids is 2. The molecule has 2 saturated heterocycles. The smallest absolute Gasteiger partial charge is 0.414 e. The number of alkyl halides is 6. The predicted molar refractivity (Wildman–Crippen MR) is 193 cm³/mol. The van der Waals surface area contributed by atoms with Crippen molar-refractivity contribution in [3.8, 4) is 0 Å². The molecule has 18 heteroatoms. The lowest BCUT2D eigenvalue weighted by Crippen LogP contribution is -2.63. The zero-order chi connectivity index (χ0) is 41.9. The van der Waals surface area contributed by atoms with Gasteiger partial charge in [0.15, 0.2) is 6.10 Å². The van der Waals surface area contributed by atoms with Crippen LogP contribution in [0.4, 0.5) is 31.1 Å². The molecule has 59 heavy (non-hydrogen) atoms. The molecule has 6 atom stereocenters. The summed E-state index contributed by atoms with van der Waals surface area (Å²) >= 11 is 0. The van der Waals surface area contributed by atoms with Gasteiger partial charge in [0.2, 0.25) is 6.29 Å². The summed E-state index contributed by atoms with van der Waals surface area (Å²) in [6.45, 7) is -0.823. The lowest BCUT2D eigenvalue weighted by molar-refractivity contribution is -0.439. The van der Waals surface area contributed by atoms with Gasteiger partial charge in [-0.1, -0.05) is 121 Å². The Bertz CT molecular complexity index is 1900. The molecule has 0 saturated carbocycles. The number of carbonyl (C=O) groups is 2. The molecule has 2 amide bonds. The topological polar surface area (TPSA) is 132 Å². The van der Waals surface area contributed by atoms with Gasteiger partial charge in [-0.05, 0) is 22.3 Å². The van der Waals surface area contributed by atoms with Crippen LogP contribution in [0.5, 0.6) is 0 Å². The van der Waals surface area contributed by atoms with Crippen molar-refractivity contribution in [3.63, 3.8) is 0 Å². The Kier molecular flexibility index (Phi) is 14.6. The van der Waals surface area contributed by atoms with Crippen LogP contribution in [0.1, 0.15) is 22.3 Å². The van der Waals surface area contributed by atoms with Crippen LogP contribution < -0.4 is 10.8 Å². The van der Waals surface area contributed by atoms with Gasteiger partial charge >= 0.3 is 30.1 Å². The first-order valence-electron chi connectivity index (χ1n) is 18.3. The van der Waals surface area contributed by atoms with E-state index in [0.29, 0.717) is 0 Å². The highest BCUT2D eigenvalue weighted by Crippen LogP contribution is 2.50. The third-order valence-corrected chi connectivity index (χ3v) is 9.12. The number of urea groups is 1. The van der Waals surface area contributed by atoms with Crippen LogP contribution >= 0.6 is 0 Å². The Morgan fingerprint density at radius 2 is 1.07 bits per heavy atom. The number of halogens is 6. The third kappa shape index (κ3) is 11.4. The second-order valence-electron chi connectivity index (χ2n) is 13.4. The van der Waals surface area contributed by atoms with E-state index in [1.165, 1.54) is 0 Å². The molecule has 2 heterocycles. The number of cyclic esters (lactones) is 1. The Balaban J connectivity index is 1.23. The van der Waals surface area contributed by atoms with Gasteiger partial charge in [0, 0.05) is 0 Å². The number of hydroxylamine groups is 1. The number of hydrogen-bond acceptors (Lipinski definition) is 10. The summed E-state index contributed by atoms with van der Waals surface area (Å²) in [5, 5.41) is 1.96. The molecule has 2 fully saturated rings. The molecule has 0 radical (unpaired) electrons. The van der Waals surface area contributed by atoms with Crippen LogP contribution in [0.3, 0.4) is 0 Å². The minimum absolute atomic E-state index is 0.00793. The Morgan fingerprint density at radius 3 is 1.53 bits per heavy atom. The third-order valence-electron chi connectivity index (χ3n) is 9.12. The Hall–Kier alpha value is -5.08. The molecule has 6 rings (SSSR count). The number of rotatable bonds is 17. The maximum absolute atomic E-state index is 13.4. The molecule has 2 N–H and O–H groups in total. The first-order valence-corrected chi connectivity index (χ1v) is 18.3. The number of hydrogen-bond donors (Lipinski definition) is 2. The first-order chi connectivity index (χ1) is 28.3. The molecule has 0 aromatic heterocycles. The van der Waals surface area contributed by atoms with Crippen LogP contribution in [0.15, 0.2) is 121 Å². The quantitative estimate of drug-likeness (QED) is 0.0675. The van der Waals surface area contributed by atoms with Gasteiger partial charge < -0.3 is 38.5 Å². The normalized spacial score (nSPS) is 23.1. The summed E-state index contributed by atoms with van der Waals surface area (Å²) in [4.78, 5) is 30.7. The molecule has 12 nitrogen and oxygen atoms in total. The van der Waals surface area contributed by atoms with Gasteiger partial charge in [0.25, 0.3) is 0 Å². The summed E-state index contributed by atoms with van der Waals surface area (Å²) in [5.74, 6) is -7.20. The zero-order valence-electron chi connectivity index (χ0n) is 31.1. The maximum Gasteiger partial charge on any atom is 0.465 e. The van der Waals surface area contributed by atoms with Crippen molar-refractivity contribution < 1.29 is 73.9 Å². The molecule has 2 aliphatic heterocycles. The second kappa shape index (κ2) is 19.8. The van der Waals surface area contributed by atoms with Gasteiger partial charge in [0.05, 0.1) is 39.6 Å². The van der Waals surface area contributed by atoms with E-state index in [-0.39, 0.29) is 33.0 Å². The van der Waals surface area contributed by atoms with E-state index in [0.717, 1.165) is 22.3 Å². The molecule has 0 aliphatic carbocycles. The van der Waals surface area contributed by atoms with Crippen LogP contribution in [-0.2, 0) is 69.2 Å². The average molecular weight is 835 g/mol. The second-order valence-corrected chi connectivity index (χ2v) is 13.4. The van der Waals surface area contributed by atoms with E-state index in [4.69, 9.17) is 28.5 Å². The number of amides is 2. The summed E-state index contributed by atoms with van der Waals surface area (Å²) in [6, 6.07) is 35.7. The van der Waals surface area contributed by atoms with Gasteiger partial charge in [-0.25, -0.2) is 19.9 Å². The molecular weight excluding hydrogens is 794 g/mol. The standard InChI is InChI=1S/C41H40F6N2O10/c42-40(43,44)39(41(45,46)47)57-31(36(50)58-39)21-48-38(51)49-59-37-35(55-25-30-19-11-4-12-20-30)34(54-24-29-17-9-3-10-18-29)33(53-23-28-15-7-2-8-16-28)32(56-37)26-52-22-27-13-5-1-6-14-27/h1-20,31-35,37H,21-26H2,(H2,48,49,51)/t31-,32+,33+,34-,35+,37-/m0/s1. The fourth-order valence-electron chi connectivity index (χ4n) is 6.19. The van der Waals surface area contributed by atoms with Crippen molar-refractivity contribution >= 4 is 12.0 Å². The summed E-state index contributed by atoms with van der Waals surface area (Å²) in [6.07, 6.45) is -20.2. The van der Waals surface area contributed by atoms with Crippen molar-refractivity contribution in [2.24, 2.45) is 0 Å². The largest absolute Gasteiger partial charge is 0.465 e. The number of esters is 1. The van der Waals surface area contributed by atoms with Crippen molar-refractivity contribution in [1.82, 2.24) is 10.8 Å². The van der Waals surface area contributed by atoms with Crippen molar-refractivity contribution in [3.05, 3.63) is 144 Å². The SMILES string of the molecule is O=C(NC[C@@H]1OC(C(F)(F)F)(C(F)(F)F)OC1=O)NO[C@@H]1O[C@H](COCc2ccccc2)[C@@H](OCc2ccccc2)[C@H](OCc2ccccc2)[C@H]1OCc1ccccc1. The van der Waals surface area contributed by atoms with Crippen molar-refractivity contribution in [2.75, 3.05) is 13.2 Å². The molecule has 4 aromatic rings. The molecule has 2 aliphatic rings. The van der Waals surface area contributed by atoms with E-state index < -0.39 is 73.5 Å². The molecular formula is C41H40F6N2O10. The van der Waals surface area contributed by atoms with Crippen LogP contribution in [0, 0.1) is 0 Å². The van der Waals surface area contributed by atoms with Gasteiger partial charge in [-0.15, -0.1) is 0 Å². The maximum atomic E-state index is 13.4. The number of ether oxygens (including phenoxy) is 7. The highest BCUT2D eigenvalue weighted by atomic mass is 19.4. The van der Waals surface area contributed by atoms with Gasteiger partial charge in [-0.2, -0.15) is 26.3 Å². The lowest BCUT2D eigenvalue weighted by Gasteiger charge is -2.45. The molecule has 0 unspecified atom stereocenters. The molecule has 0 spiro atoms. The van der Waals surface area contributed by atoms with Gasteiger partial charge in [0.1, 0.15) is 24.4 Å². The fraction of sp³-hybridized carbons (Fsp3) is 0.366. The minimum atomic E-state index is -6.17. The highest BCUT2D eigenvalue weighted by molar-refractivity contribution is 5.79. The molecule has 4 aromatic carbocycles. The monoisotopic (exact) mass is 834 g/mol. The average Bonchev–Trinajstić information content (AvgIpc) is 3.60. The summed E-state index contributed by atoms with van der Waals surface area (Å²) < 4.78 is 120. The van der Waals surface area contributed by atoms with Gasteiger partial charge in [-0.3, -0.25) is 0 Å². The minimum Gasteiger partial charge on any atom is -0.414 e. The summed E-state index contributed by atoms with van der Waals surface area (Å²) in [7, 11) is 0. The lowest BCUT2D eigenvalue weighted by atomic mass is 9.98. The molecule has 0 bridgehead atoms. The Labute approximate surface area is 334 Å². The number of nitrogens with one attached hydrogen (secondary N) is 2. The van der Waals surface area contributed by atoms with E-state index >= 15 is 0 Å².